The van der Waals surface area contributed by atoms with Crippen LogP contribution in [0.3, 0.4) is 0 Å². The monoisotopic (exact) mass is 355 g/mol. The molecule has 1 aromatic carbocycles. The van der Waals surface area contributed by atoms with Gasteiger partial charge in [-0.05, 0) is 36.3 Å². The van der Waals surface area contributed by atoms with Gasteiger partial charge in [0.2, 0.25) is 0 Å². The molecule has 2 heterocycles. The number of aromatic nitrogens is 3. The zero-order chi connectivity index (χ0) is 18.7. The minimum absolute atomic E-state index is 0.0108. The molecule has 1 N–H and O–H groups in total. The first-order chi connectivity index (χ1) is 12.5. The highest BCUT2D eigenvalue weighted by molar-refractivity contribution is 5.91. The molecule has 0 saturated carbocycles. The molecular formula is C20H29N5O. The summed E-state index contributed by atoms with van der Waals surface area (Å²) in [6.07, 6.45) is 5.61. The molecule has 1 saturated heterocycles. The lowest BCUT2D eigenvalue weighted by molar-refractivity contribution is 0.204. The van der Waals surface area contributed by atoms with Crippen molar-refractivity contribution < 1.29 is 4.79 Å². The second-order valence-electron chi connectivity index (χ2n) is 7.37. The second-order valence-corrected chi connectivity index (χ2v) is 7.37. The van der Waals surface area contributed by atoms with Crippen molar-refractivity contribution in [3.63, 3.8) is 0 Å². The normalized spacial score (nSPS) is 17.1. The minimum Gasteiger partial charge on any atom is -0.319 e. The van der Waals surface area contributed by atoms with Crippen LogP contribution in [-0.2, 0) is 13.5 Å². The first-order valence-electron chi connectivity index (χ1n) is 9.56. The van der Waals surface area contributed by atoms with Gasteiger partial charge in [-0.1, -0.05) is 45.4 Å². The molecule has 6 nitrogen and oxygen atoms in total. The zero-order valence-electron chi connectivity index (χ0n) is 16.2. The molecule has 2 aromatic rings. The summed E-state index contributed by atoms with van der Waals surface area (Å²) in [7, 11) is 1.93. The van der Waals surface area contributed by atoms with Crippen LogP contribution in [0.1, 0.15) is 68.9 Å². The van der Waals surface area contributed by atoms with Gasteiger partial charge in [-0.25, -0.2) is 4.79 Å². The topological polar surface area (TPSA) is 63.1 Å². The summed E-state index contributed by atoms with van der Waals surface area (Å²) in [5, 5.41) is 11.4. The highest BCUT2D eigenvalue weighted by Gasteiger charge is 2.33. The third-order valence-electron chi connectivity index (χ3n) is 5.11. The molecule has 1 fully saturated rings. The van der Waals surface area contributed by atoms with E-state index in [0.29, 0.717) is 5.92 Å². The molecule has 0 bridgehead atoms. The van der Waals surface area contributed by atoms with Gasteiger partial charge in [0.15, 0.2) is 5.82 Å². The van der Waals surface area contributed by atoms with Gasteiger partial charge in [0.25, 0.3) is 0 Å². The van der Waals surface area contributed by atoms with Crippen molar-refractivity contribution in [2.24, 2.45) is 7.05 Å². The third-order valence-corrected chi connectivity index (χ3v) is 5.11. The van der Waals surface area contributed by atoms with Gasteiger partial charge in [-0.15, -0.1) is 10.2 Å². The van der Waals surface area contributed by atoms with Crippen molar-refractivity contribution >= 4 is 11.7 Å². The molecular weight excluding hydrogens is 326 g/mol. The lowest BCUT2D eigenvalue weighted by atomic mass is 9.96. The number of hydrogen-bond acceptors (Lipinski definition) is 3. The fourth-order valence-corrected chi connectivity index (χ4v) is 3.78. The molecule has 1 atom stereocenters. The van der Waals surface area contributed by atoms with Gasteiger partial charge >= 0.3 is 6.03 Å². The van der Waals surface area contributed by atoms with Gasteiger partial charge in [-0.3, -0.25) is 0 Å². The van der Waals surface area contributed by atoms with Crippen LogP contribution in [-0.4, -0.2) is 32.2 Å². The van der Waals surface area contributed by atoms with E-state index in [9.17, 15) is 4.79 Å². The number of carbonyl (C=O) groups excluding carboxylic acids is 1. The fraction of sp³-hybridized carbons (Fsp3) is 0.550. The average molecular weight is 355 g/mol. The Labute approximate surface area is 155 Å². The Balaban J connectivity index is 1.86. The number of carbonyl (C=O) groups is 1. The molecule has 2 amide bonds. The van der Waals surface area contributed by atoms with Crippen LogP contribution in [0, 0.1) is 0 Å². The van der Waals surface area contributed by atoms with Crippen molar-refractivity contribution in [3.8, 4) is 0 Å². The Kier molecular flexibility index (Phi) is 5.59. The minimum atomic E-state index is -0.0408. The van der Waals surface area contributed by atoms with Gasteiger partial charge < -0.3 is 14.8 Å². The lowest BCUT2D eigenvalue weighted by Crippen LogP contribution is -2.36. The van der Waals surface area contributed by atoms with Crippen LogP contribution >= 0.6 is 0 Å². The summed E-state index contributed by atoms with van der Waals surface area (Å²) >= 11 is 0. The number of urea groups is 1. The Bertz CT molecular complexity index is 767. The number of amides is 2. The number of para-hydroxylation sites is 1. The molecule has 140 valence electrons. The van der Waals surface area contributed by atoms with Crippen LogP contribution in [0.2, 0.25) is 0 Å². The molecule has 1 unspecified atom stereocenters. The number of likely N-dealkylation sites (tertiary alicyclic amines) is 1. The van der Waals surface area contributed by atoms with E-state index in [1.54, 1.807) is 6.33 Å². The molecule has 1 aliphatic heterocycles. The number of nitrogens with zero attached hydrogens (tertiary/aromatic N) is 4. The summed E-state index contributed by atoms with van der Waals surface area (Å²) in [5.41, 5.74) is 3.39. The molecule has 3 rings (SSSR count). The van der Waals surface area contributed by atoms with Crippen molar-refractivity contribution in [3.05, 3.63) is 41.5 Å². The van der Waals surface area contributed by atoms with Crippen molar-refractivity contribution in [1.82, 2.24) is 19.7 Å². The molecule has 1 aliphatic rings. The Morgan fingerprint density at radius 1 is 1.38 bits per heavy atom. The molecule has 1 aromatic heterocycles. The maximum Gasteiger partial charge on any atom is 0.322 e. The maximum atomic E-state index is 13.1. The molecule has 26 heavy (non-hydrogen) atoms. The SMILES string of the molecule is CCCc1cccc(C(C)C)c1NC(=O)N1CCCC1c1nncn1C. The average Bonchev–Trinajstić information content (AvgIpc) is 3.24. The van der Waals surface area contributed by atoms with Crippen LogP contribution in [0.15, 0.2) is 24.5 Å². The largest absolute Gasteiger partial charge is 0.322 e. The van der Waals surface area contributed by atoms with Crippen LogP contribution in [0.4, 0.5) is 10.5 Å². The van der Waals surface area contributed by atoms with Crippen LogP contribution in [0.5, 0.6) is 0 Å². The number of anilines is 1. The second kappa shape index (κ2) is 7.89. The van der Waals surface area contributed by atoms with Gasteiger partial charge in [0.05, 0.1) is 6.04 Å². The van der Waals surface area contributed by atoms with E-state index in [4.69, 9.17) is 0 Å². The first-order valence-corrected chi connectivity index (χ1v) is 9.56. The Morgan fingerprint density at radius 2 is 2.19 bits per heavy atom. The molecule has 6 heteroatoms. The maximum absolute atomic E-state index is 13.1. The molecule has 0 aliphatic carbocycles. The van der Waals surface area contributed by atoms with E-state index in [2.05, 4.69) is 54.5 Å². The van der Waals surface area contributed by atoms with E-state index in [0.717, 1.165) is 43.7 Å². The van der Waals surface area contributed by atoms with Gasteiger partial charge in [0.1, 0.15) is 6.33 Å². The predicted molar refractivity (Wildman–Crippen MR) is 103 cm³/mol. The summed E-state index contributed by atoms with van der Waals surface area (Å²) in [4.78, 5) is 15.0. The highest BCUT2D eigenvalue weighted by Crippen LogP contribution is 2.33. The van der Waals surface area contributed by atoms with Crippen LogP contribution in [0.25, 0.3) is 0 Å². The van der Waals surface area contributed by atoms with Crippen LogP contribution < -0.4 is 5.32 Å². The summed E-state index contributed by atoms with van der Waals surface area (Å²) in [6.45, 7) is 7.24. The smallest absolute Gasteiger partial charge is 0.319 e. The zero-order valence-corrected chi connectivity index (χ0v) is 16.2. The molecule has 0 spiro atoms. The van der Waals surface area contributed by atoms with Crippen molar-refractivity contribution in [2.45, 2.75) is 58.4 Å². The number of nitrogens with one attached hydrogen (secondary N) is 1. The fourth-order valence-electron chi connectivity index (χ4n) is 3.78. The van der Waals surface area contributed by atoms with Gasteiger partial charge in [0, 0.05) is 19.3 Å². The summed E-state index contributed by atoms with van der Waals surface area (Å²) in [6, 6.07) is 6.27. The van der Waals surface area contributed by atoms with Crippen molar-refractivity contribution in [2.75, 3.05) is 11.9 Å². The van der Waals surface area contributed by atoms with Crippen molar-refractivity contribution in [1.29, 1.82) is 0 Å². The number of hydrogen-bond donors (Lipinski definition) is 1. The summed E-state index contributed by atoms with van der Waals surface area (Å²) in [5.74, 6) is 1.21. The van der Waals surface area contributed by atoms with E-state index in [-0.39, 0.29) is 12.1 Å². The number of rotatable bonds is 5. The van der Waals surface area contributed by atoms with E-state index in [1.165, 1.54) is 11.1 Å². The van der Waals surface area contributed by atoms with E-state index >= 15 is 0 Å². The van der Waals surface area contributed by atoms with Gasteiger partial charge in [-0.2, -0.15) is 0 Å². The predicted octanol–water partition coefficient (Wildman–Crippen LogP) is 4.26. The quantitative estimate of drug-likeness (QED) is 0.871. The third kappa shape index (κ3) is 3.59. The van der Waals surface area contributed by atoms with E-state index in [1.807, 2.05) is 16.5 Å². The molecule has 0 radical (unpaired) electrons. The Morgan fingerprint density at radius 3 is 2.85 bits per heavy atom. The number of benzene rings is 1. The summed E-state index contributed by atoms with van der Waals surface area (Å²) < 4.78 is 1.90. The lowest BCUT2D eigenvalue weighted by Gasteiger charge is -2.26. The Hall–Kier alpha value is -2.37. The standard InChI is InChI=1S/C20H29N5O/c1-5-8-15-9-6-10-16(14(2)3)18(15)22-20(26)25-12-7-11-17(25)19-23-21-13-24(19)4/h6,9-10,13-14,17H,5,7-8,11-12H2,1-4H3,(H,22,26). The first kappa shape index (κ1) is 18.4. The van der Waals surface area contributed by atoms with E-state index < -0.39 is 0 Å². The number of aryl methyl sites for hydroxylation is 2. The highest BCUT2D eigenvalue weighted by atomic mass is 16.2.